The van der Waals surface area contributed by atoms with E-state index in [2.05, 4.69) is 4.98 Å². The lowest BCUT2D eigenvalue weighted by Crippen LogP contribution is -2.35. The fourth-order valence-corrected chi connectivity index (χ4v) is 1.96. The molecule has 1 amide bonds. The summed E-state index contributed by atoms with van der Waals surface area (Å²) in [6.45, 7) is 7.10. The summed E-state index contributed by atoms with van der Waals surface area (Å²) in [7, 11) is 0. The Labute approximate surface area is 101 Å². The molecule has 2 heterocycles. The number of carbonyl (C=O) groups excluding carboxylic acids is 1. The Kier molecular flexibility index (Phi) is 3.09. The number of amides is 1. The largest absolute Gasteiger partial charge is 0.444 e. The molecule has 17 heavy (non-hydrogen) atoms. The van der Waals surface area contributed by atoms with Crippen LogP contribution in [0.1, 0.15) is 33.2 Å². The van der Waals surface area contributed by atoms with Crippen LogP contribution in [0.25, 0.3) is 0 Å². The Morgan fingerprint density at radius 1 is 1.47 bits per heavy atom. The number of carbonyl (C=O) groups is 1. The third-order valence-electron chi connectivity index (χ3n) is 2.76. The minimum Gasteiger partial charge on any atom is -0.444 e. The summed E-state index contributed by atoms with van der Waals surface area (Å²) >= 11 is 0. The molecule has 0 aromatic carbocycles. The van der Waals surface area contributed by atoms with Gasteiger partial charge >= 0.3 is 6.09 Å². The van der Waals surface area contributed by atoms with E-state index < -0.39 is 5.60 Å². The number of nitrogens with zero attached hydrogens (tertiary/aromatic N) is 3. The summed E-state index contributed by atoms with van der Waals surface area (Å²) in [5, 5.41) is 0. The van der Waals surface area contributed by atoms with E-state index in [0.717, 1.165) is 13.0 Å². The third-order valence-corrected chi connectivity index (χ3v) is 2.76. The third kappa shape index (κ3) is 2.99. The van der Waals surface area contributed by atoms with Gasteiger partial charge in [0.05, 0.1) is 12.4 Å². The maximum atomic E-state index is 11.9. The zero-order valence-corrected chi connectivity index (χ0v) is 10.6. The molecule has 0 N–H and O–H groups in total. The van der Waals surface area contributed by atoms with Crippen LogP contribution >= 0.6 is 0 Å². The second-order valence-electron chi connectivity index (χ2n) is 5.38. The molecule has 0 spiro atoms. The van der Waals surface area contributed by atoms with E-state index in [0.29, 0.717) is 12.6 Å². The van der Waals surface area contributed by atoms with Gasteiger partial charge < -0.3 is 14.2 Å². The molecule has 94 valence electrons. The lowest BCUT2D eigenvalue weighted by Gasteiger charge is -2.24. The Hall–Kier alpha value is -1.52. The Morgan fingerprint density at radius 2 is 2.24 bits per heavy atom. The summed E-state index contributed by atoms with van der Waals surface area (Å²) in [6, 6.07) is 0.324. The van der Waals surface area contributed by atoms with Crippen LogP contribution in [-0.4, -0.2) is 39.2 Å². The Bertz CT molecular complexity index is 381. The quantitative estimate of drug-likeness (QED) is 0.751. The molecular weight excluding hydrogens is 218 g/mol. The van der Waals surface area contributed by atoms with Gasteiger partial charge in [-0.05, 0) is 27.2 Å². The lowest BCUT2D eigenvalue weighted by atomic mass is 10.2. The van der Waals surface area contributed by atoms with Crippen molar-refractivity contribution in [3.05, 3.63) is 18.7 Å². The number of imidazole rings is 1. The van der Waals surface area contributed by atoms with Crippen LogP contribution in [0, 0.1) is 0 Å². The monoisotopic (exact) mass is 237 g/mol. The molecule has 1 aliphatic heterocycles. The van der Waals surface area contributed by atoms with Gasteiger partial charge in [-0.15, -0.1) is 0 Å². The normalized spacial score (nSPS) is 20.6. The molecule has 0 saturated carbocycles. The van der Waals surface area contributed by atoms with Gasteiger partial charge in [0.2, 0.25) is 0 Å². The highest BCUT2D eigenvalue weighted by Crippen LogP contribution is 2.22. The summed E-state index contributed by atoms with van der Waals surface area (Å²) in [6.07, 6.45) is 6.22. The molecule has 1 aliphatic rings. The first-order valence-electron chi connectivity index (χ1n) is 5.91. The van der Waals surface area contributed by atoms with Gasteiger partial charge in [0.25, 0.3) is 0 Å². The summed E-state index contributed by atoms with van der Waals surface area (Å²) < 4.78 is 7.40. The highest BCUT2D eigenvalue weighted by atomic mass is 16.6. The summed E-state index contributed by atoms with van der Waals surface area (Å²) in [5.41, 5.74) is -0.426. The number of hydrogen-bond donors (Lipinski definition) is 0. The minimum absolute atomic E-state index is 0.222. The highest BCUT2D eigenvalue weighted by molar-refractivity contribution is 5.68. The van der Waals surface area contributed by atoms with Gasteiger partial charge in [0.1, 0.15) is 5.60 Å². The van der Waals surface area contributed by atoms with Crippen molar-refractivity contribution in [3.63, 3.8) is 0 Å². The fourth-order valence-electron chi connectivity index (χ4n) is 1.96. The topological polar surface area (TPSA) is 47.4 Å². The zero-order chi connectivity index (χ0) is 12.5. The molecule has 0 radical (unpaired) electrons. The van der Waals surface area contributed by atoms with Crippen LogP contribution in [0.15, 0.2) is 18.7 Å². The van der Waals surface area contributed by atoms with Crippen LogP contribution in [0.5, 0.6) is 0 Å². The fraction of sp³-hybridized carbons (Fsp3) is 0.667. The molecule has 0 bridgehead atoms. The standard InChI is InChI=1S/C12H19N3O2/c1-12(2,3)17-11(16)14-6-4-10(8-14)15-7-5-13-9-15/h5,7,9-10H,4,6,8H2,1-3H3/t10-/m1/s1. The van der Waals surface area contributed by atoms with Crippen molar-refractivity contribution in [2.45, 2.75) is 38.8 Å². The smallest absolute Gasteiger partial charge is 0.410 e. The molecule has 1 saturated heterocycles. The molecule has 1 aromatic heterocycles. The second-order valence-corrected chi connectivity index (χ2v) is 5.38. The van der Waals surface area contributed by atoms with Crippen LogP contribution in [0.3, 0.4) is 0 Å². The molecule has 1 aromatic rings. The number of hydrogen-bond acceptors (Lipinski definition) is 3. The molecule has 1 fully saturated rings. The predicted octanol–water partition coefficient (Wildman–Crippen LogP) is 2.06. The SMILES string of the molecule is CC(C)(C)OC(=O)N1CC[C@@H](n2ccnc2)C1. The van der Waals surface area contributed by atoms with E-state index in [4.69, 9.17) is 4.74 Å². The average molecular weight is 237 g/mol. The average Bonchev–Trinajstić information content (AvgIpc) is 2.86. The van der Waals surface area contributed by atoms with Crippen molar-refractivity contribution in [1.82, 2.24) is 14.5 Å². The van der Waals surface area contributed by atoms with Crippen molar-refractivity contribution >= 4 is 6.09 Å². The molecule has 1 atom stereocenters. The summed E-state index contributed by atoms with van der Waals surface area (Å²) in [4.78, 5) is 17.6. The summed E-state index contributed by atoms with van der Waals surface area (Å²) in [5.74, 6) is 0. The van der Waals surface area contributed by atoms with Gasteiger partial charge in [-0.1, -0.05) is 0 Å². The first-order chi connectivity index (χ1) is 7.96. The van der Waals surface area contributed by atoms with Gasteiger partial charge in [0, 0.05) is 25.5 Å². The zero-order valence-electron chi connectivity index (χ0n) is 10.6. The number of ether oxygens (including phenoxy) is 1. The van der Waals surface area contributed by atoms with Crippen molar-refractivity contribution < 1.29 is 9.53 Å². The van der Waals surface area contributed by atoms with E-state index in [-0.39, 0.29) is 6.09 Å². The molecular formula is C12H19N3O2. The van der Waals surface area contributed by atoms with E-state index >= 15 is 0 Å². The number of likely N-dealkylation sites (tertiary alicyclic amines) is 1. The van der Waals surface area contributed by atoms with E-state index in [1.54, 1.807) is 17.4 Å². The van der Waals surface area contributed by atoms with Crippen molar-refractivity contribution in [2.75, 3.05) is 13.1 Å². The maximum absolute atomic E-state index is 11.9. The van der Waals surface area contributed by atoms with Crippen LogP contribution in [0.4, 0.5) is 4.79 Å². The molecule has 0 aliphatic carbocycles. The Balaban J connectivity index is 1.92. The maximum Gasteiger partial charge on any atom is 0.410 e. The van der Waals surface area contributed by atoms with E-state index in [9.17, 15) is 4.79 Å². The second kappa shape index (κ2) is 4.39. The lowest BCUT2D eigenvalue weighted by molar-refractivity contribution is 0.0289. The number of rotatable bonds is 1. The van der Waals surface area contributed by atoms with Gasteiger partial charge in [-0.3, -0.25) is 0 Å². The van der Waals surface area contributed by atoms with Crippen LogP contribution in [0.2, 0.25) is 0 Å². The predicted molar refractivity (Wildman–Crippen MR) is 63.7 cm³/mol. The van der Waals surface area contributed by atoms with Crippen molar-refractivity contribution in [1.29, 1.82) is 0 Å². The first-order valence-corrected chi connectivity index (χ1v) is 5.91. The van der Waals surface area contributed by atoms with Gasteiger partial charge in [0.15, 0.2) is 0 Å². The van der Waals surface area contributed by atoms with Crippen LogP contribution in [-0.2, 0) is 4.74 Å². The number of aromatic nitrogens is 2. The molecule has 5 nitrogen and oxygen atoms in total. The van der Waals surface area contributed by atoms with Crippen LogP contribution < -0.4 is 0 Å². The van der Waals surface area contributed by atoms with E-state index in [1.807, 2.05) is 31.5 Å². The molecule has 5 heteroatoms. The van der Waals surface area contributed by atoms with Crippen molar-refractivity contribution in [2.24, 2.45) is 0 Å². The van der Waals surface area contributed by atoms with Gasteiger partial charge in [-0.2, -0.15) is 0 Å². The van der Waals surface area contributed by atoms with Crippen molar-refractivity contribution in [3.8, 4) is 0 Å². The molecule has 2 rings (SSSR count). The first kappa shape index (κ1) is 12.0. The van der Waals surface area contributed by atoms with E-state index in [1.165, 1.54) is 0 Å². The van der Waals surface area contributed by atoms with Gasteiger partial charge in [-0.25, -0.2) is 9.78 Å². The minimum atomic E-state index is -0.426. The highest BCUT2D eigenvalue weighted by Gasteiger charge is 2.30. The molecule has 0 unspecified atom stereocenters. The Morgan fingerprint density at radius 3 is 2.82 bits per heavy atom.